The smallest absolute Gasteiger partial charge is 0.349 e. The van der Waals surface area contributed by atoms with Gasteiger partial charge < -0.3 is 9.47 Å². The van der Waals surface area contributed by atoms with E-state index in [4.69, 9.17) is 32.7 Å². The summed E-state index contributed by atoms with van der Waals surface area (Å²) >= 11 is 15.3. The average molecular weight is 452 g/mol. The van der Waals surface area contributed by atoms with Crippen molar-refractivity contribution in [2.24, 2.45) is 0 Å². The summed E-state index contributed by atoms with van der Waals surface area (Å²) in [4.78, 5) is 12.0. The first-order chi connectivity index (χ1) is 12.5. The van der Waals surface area contributed by atoms with Gasteiger partial charge in [-0.05, 0) is 57.4 Å². The molecule has 0 aromatic heterocycles. The van der Waals surface area contributed by atoms with E-state index >= 15 is 0 Å². The van der Waals surface area contributed by atoms with E-state index in [1.165, 1.54) is 12.1 Å². The maximum absolute atomic E-state index is 12.0. The van der Waals surface area contributed by atoms with Crippen LogP contribution in [-0.4, -0.2) is 12.6 Å². The summed E-state index contributed by atoms with van der Waals surface area (Å²) in [5.41, 5.74) is 2.14. The molecule has 26 heavy (non-hydrogen) atoms. The van der Waals surface area contributed by atoms with Crippen LogP contribution in [0.4, 0.5) is 0 Å². The van der Waals surface area contributed by atoms with Crippen LogP contribution < -0.4 is 9.47 Å². The Hall–Kier alpha value is -2.01. The summed E-state index contributed by atoms with van der Waals surface area (Å²) < 4.78 is 11.5. The molecule has 6 heteroatoms. The molecule has 3 rings (SSSR count). The van der Waals surface area contributed by atoms with Crippen molar-refractivity contribution in [3.63, 3.8) is 0 Å². The molecule has 0 N–H and O–H groups in total. The molecular formula is C20H13BrCl2O3. The zero-order chi connectivity index (χ0) is 18.5. The van der Waals surface area contributed by atoms with Crippen LogP contribution in [0, 0.1) is 0 Å². The van der Waals surface area contributed by atoms with Gasteiger partial charge in [-0.15, -0.1) is 0 Å². The second-order valence-corrected chi connectivity index (χ2v) is 7.05. The largest absolute Gasteiger partial charge is 0.481 e. The van der Waals surface area contributed by atoms with Crippen molar-refractivity contribution in [2.45, 2.75) is 0 Å². The van der Waals surface area contributed by atoms with Crippen molar-refractivity contribution < 1.29 is 14.3 Å². The molecule has 0 aliphatic carbocycles. The number of carbonyl (C=O) groups is 1. The van der Waals surface area contributed by atoms with Crippen LogP contribution in [0.15, 0.2) is 71.2 Å². The van der Waals surface area contributed by atoms with Crippen LogP contribution in [0.2, 0.25) is 10.0 Å². The van der Waals surface area contributed by atoms with Crippen molar-refractivity contribution in [3.8, 4) is 22.6 Å². The Balaban J connectivity index is 1.63. The Bertz CT molecular complexity index is 930. The van der Waals surface area contributed by atoms with Crippen LogP contribution in [0.1, 0.15) is 0 Å². The lowest BCUT2D eigenvalue weighted by atomic mass is 10.1. The Morgan fingerprint density at radius 1 is 0.885 bits per heavy atom. The summed E-state index contributed by atoms with van der Waals surface area (Å²) in [6, 6.07) is 20.3. The summed E-state index contributed by atoms with van der Waals surface area (Å²) in [6.07, 6.45) is 0. The van der Waals surface area contributed by atoms with E-state index < -0.39 is 5.97 Å². The molecule has 0 aliphatic rings. The molecule has 0 saturated carbocycles. The van der Waals surface area contributed by atoms with Crippen LogP contribution in [0.5, 0.6) is 11.5 Å². The van der Waals surface area contributed by atoms with E-state index in [1.807, 2.05) is 42.5 Å². The van der Waals surface area contributed by atoms with Gasteiger partial charge in [-0.3, -0.25) is 0 Å². The molecule has 0 spiro atoms. The normalized spacial score (nSPS) is 10.4. The first-order valence-electron chi connectivity index (χ1n) is 7.66. The van der Waals surface area contributed by atoms with Gasteiger partial charge in [0.2, 0.25) is 0 Å². The minimum absolute atomic E-state index is 0.239. The third-order valence-corrected chi connectivity index (χ3v) is 4.65. The quantitative estimate of drug-likeness (QED) is 0.332. The van der Waals surface area contributed by atoms with Gasteiger partial charge in [-0.1, -0.05) is 59.6 Å². The summed E-state index contributed by atoms with van der Waals surface area (Å²) in [5, 5.41) is 0.729. The second kappa shape index (κ2) is 8.58. The van der Waals surface area contributed by atoms with E-state index in [9.17, 15) is 4.79 Å². The highest BCUT2D eigenvalue weighted by atomic mass is 79.9. The van der Waals surface area contributed by atoms with Crippen molar-refractivity contribution in [2.75, 3.05) is 6.61 Å². The van der Waals surface area contributed by atoms with Gasteiger partial charge in [0.15, 0.2) is 6.61 Å². The van der Waals surface area contributed by atoms with Crippen molar-refractivity contribution in [1.82, 2.24) is 0 Å². The van der Waals surface area contributed by atoms with Gasteiger partial charge in [0.1, 0.15) is 11.5 Å². The van der Waals surface area contributed by atoms with Crippen molar-refractivity contribution in [1.29, 1.82) is 0 Å². The highest BCUT2D eigenvalue weighted by Gasteiger charge is 2.11. The maximum atomic E-state index is 12.0. The van der Waals surface area contributed by atoms with Gasteiger partial charge in [0, 0.05) is 5.02 Å². The fourth-order valence-electron chi connectivity index (χ4n) is 2.27. The predicted octanol–water partition coefficient (Wildman–Crippen LogP) is 6.41. The molecule has 3 aromatic carbocycles. The minimum atomic E-state index is -0.562. The van der Waals surface area contributed by atoms with Gasteiger partial charge in [-0.2, -0.15) is 0 Å². The monoisotopic (exact) mass is 450 g/mol. The fraction of sp³-hybridized carbons (Fsp3) is 0.0500. The highest BCUT2D eigenvalue weighted by molar-refractivity contribution is 9.10. The highest BCUT2D eigenvalue weighted by Crippen LogP contribution is 2.31. The molecular weight excluding hydrogens is 439 g/mol. The number of hydrogen-bond acceptors (Lipinski definition) is 3. The third-order valence-electron chi connectivity index (χ3n) is 3.50. The standard InChI is InChI=1S/C20H13BrCl2O3/c21-16-10-14(13-4-2-1-3-5-13)6-8-18(16)25-12-20(24)26-19-9-7-15(22)11-17(19)23/h1-11H,12H2. The zero-order valence-electron chi connectivity index (χ0n) is 13.4. The molecule has 0 aliphatic heterocycles. The number of ether oxygens (including phenoxy) is 2. The van der Waals surface area contributed by atoms with Gasteiger partial charge in [0.05, 0.1) is 9.50 Å². The molecule has 0 fully saturated rings. The first kappa shape index (κ1) is 18.8. The number of hydrogen-bond donors (Lipinski definition) is 0. The van der Waals surface area contributed by atoms with E-state index in [2.05, 4.69) is 15.9 Å². The Labute approximate surface area is 169 Å². The van der Waals surface area contributed by atoms with Crippen LogP contribution in [0.3, 0.4) is 0 Å². The van der Waals surface area contributed by atoms with E-state index in [0.717, 1.165) is 15.6 Å². The van der Waals surface area contributed by atoms with Crippen molar-refractivity contribution >= 4 is 45.1 Å². The van der Waals surface area contributed by atoms with E-state index in [0.29, 0.717) is 10.8 Å². The number of esters is 1. The number of carbonyl (C=O) groups excluding carboxylic acids is 1. The van der Waals surface area contributed by atoms with Gasteiger partial charge in [-0.25, -0.2) is 4.79 Å². The lowest BCUT2D eigenvalue weighted by Gasteiger charge is -2.10. The molecule has 0 amide bonds. The maximum Gasteiger partial charge on any atom is 0.349 e. The van der Waals surface area contributed by atoms with Crippen LogP contribution in [0.25, 0.3) is 11.1 Å². The molecule has 0 saturated heterocycles. The molecule has 132 valence electrons. The summed E-state index contributed by atoms with van der Waals surface area (Å²) in [5.74, 6) is 0.222. The van der Waals surface area contributed by atoms with Gasteiger partial charge >= 0.3 is 5.97 Å². The Morgan fingerprint density at radius 2 is 1.62 bits per heavy atom. The summed E-state index contributed by atoms with van der Waals surface area (Å²) in [7, 11) is 0. The lowest BCUT2D eigenvalue weighted by molar-refractivity contribution is -0.136. The van der Waals surface area contributed by atoms with Crippen LogP contribution >= 0.6 is 39.1 Å². The SMILES string of the molecule is O=C(COc1ccc(-c2ccccc2)cc1Br)Oc1ccc(Cl)cc1Cl. The molecule has 0 radical (unpaired) electrons. The number of rotatable bonds is 5. The third kappa shape index (κ3) is 4.79. The van der Waals surface area contributed by atoms with E-state index in [1.54, 1.807) is 12.1 Å². The number of benzene rings is 3. The fourth-order valence-corrected chi connectivity index (χ4v) is 3.22. The second-order valence-electron chi connectivity index (χ2n) is 5.35. The Morgan fingerprint density at radius 3 is 2.31 bits per heavy atom. The molecule has 0 heterocycles. The minimum Gasteiger partial charge on any atom is -0.481 e. The lowest BCUT2D eigenvalue weighted by Crippen LogP contribution is -2.18. The molecule has 3 aromatic rings. The first-order valence-corrected chi connectivity index (χ1v) is 9.21. The molecule has 0 unspecified atom stereocenters. The predicted molar refractivity (Wildman–Crippen MR) is 107 cm³/mol. The Kier molecular flexibility index (Phi) is 6.20. The van der Waals surface area contributed by atoms with Gasteiger partial charge in [0.25, 0.3) is 0 Å². The molecule has 0 bridgehead atoms. The summed E-state index contributed by atoms with van der Waals surface area (Å²) in [6.45, 7) is -0.248. The van der Waals surface area contributed by atoms with E-state index in [-0.39, 0.29) is 17.4 Å². The van der Waals surface area contributed by atoms with Crippen LogP contribution in [-0.2, 0) is 4.79 Å². The molecule has 3 nitrogen and oxygen atoms in total. The average Bonchev–Trinajstić information content (AvgIpc) is 2.64. The zero-order valence-corrected chi connectivity index (χ0v) is 16.5. The molecule has 0 atom stereocenters. The number of halogens is 3. The van der Waals surface area contributed by atoms with Crippen molar-refractivity contribution in [3.05, 3.63) is 81.2 Å². The topological polar surface area (TPSA) is 35.5 Å².